The van der Waals surface area contributed by atoms with Gasteiger partial charge in [0.25, 0.3) is 0 Å². The van der Waals surface area contributed by atoms with Gasteiger partial charge >= 0.3 is 120 Å². The van der Waals surface area contributed by atoms with Gasteiger partial charge in [0.15, 0.2) is 0 Å². The Morgan fingerprint density at radius 3 is 1.56 bits per heavy atom. The molecule has 0 saturated heterocycles. The molecule has 0 bridgehead atoms. The van der Waals surface area contributed by atoms with Crippen molar-refractivity contribution in [3.8, 4) is 0 Å². The maximum absolute atomic E-state index is 6.51. The molecule has 0 aliphatic heterocycles. The van der Waals surface area contributed by atoms with E-state index in [1.165, 1.54) is 57.4 Å². The first kappa shape index (κ1) is 18.5. The molecule has 0 radical (unpaired) electrons. The summed E-state index contributed by atoms with van der Waals surface area (Å²) in [5.74, 6) is 0. The average molecular weight is 361 g/mol. The summed E-state index contributed by atoms with van der Waals surface area (Å²) in [5, 5.41) is 0. The third kappa shape index (κ3) is 8.57. The molecule has 0 atom stereocenters. The molecule has 0 aromatic carbocycles. The summed E-state index contributed by atoms with van der Waals surface area (Å²) in [6, 6.07) is 0. The Balaban J connectivity index is 4.55. The van der Waals surface area contributed by atoms with Gasteiger partial charge in [-0.15, -0.1) is 0 Å². The zero-order chi connectivity index (χ0) is 13.9. The van der Waals surface area contributed by atoms with Crippen LogP contribution in [0, 0.1) is 0 Å². The van der Waals surface area contributed by atoms with E-state index in [9.17, 15) is 0 Å². The Labute approximate surface area is 120 Å². The van der Waals surface area contributed by atoms with Crippen molar-refractivity contribution in [3.05, 3.63) is 12.2 Å². The predicted octanol–water partition coefficient (Wildman–Crippen LogP) is 5.92. The number of hydrogen-bond donors (Lipinski definition) is 0. The minimum atomic E-state index is -2.31. The summed E-state index contributed by atoms with van der Waals surface area (Å²) >= 11 is -2.31. The zero-order valence-electron chi connectivity index (χ0n) is 13.2. The molecule has 18 heavy (non-hydrogen) atoms. The van der Waals surface area contributed by atoms with Crippen molar-refractivity contribution in [2.45, 2.75) is 79.5 Å². The van der Waals surface area contributed by atoms with Crippen LogP contribution in [0.15, 0.2) is 12.2 Å². The quantitative estimate of drug-likeness (QED) is 0.309. The van der Waals surface area contributed by atoms with Crippen LogP contribution in [-0.4, -0.2) is 25.4 Å². The molecule has 1 nitrogen and oxygen atoms in total. The first-order chi connectivity index (χ1) is 8.60. The van der Waals surface area contributed by atoms with Crippen molar-refractivity contribution >= 4 is 18.8 Å². The van der Waals surface area contributed by atoms with Gasteiger partial charge in [0.05, 0.1) is 0 Å². The molecule has 0 fully saturated rings. The Bertz CT molecular complexity index is 191. The van der Waals surface area contributed by atoms with Crippen LogP contribution in [0.5, 0.6) is 0 Å². The molecule has 0 N–H and O–H groups in total. The van der Waals surface area contributed by atoms with E-state index in [1.54, 1.807) is 0 Å². The first-order valence-electron chi connectivity index (χ1n) is 7.88. The van der Waals surface area contributed by atoms with Gasteiger partial charge in [0.2, 0.25) is 0 Å². The van der Waals surface area contributed by atoms with Crippen LogP contribution in [0.25, 0.3) is 0 Å². The SMILES string of the molecule is C=C(C)C[O][Sn]([CH2]CCC)([CH2]CCC)[CH2]CCC. The third-order valence-electron chi connectivity index (χ3n) is 3.58. The summed E-state index contributed by atoms with van der Waals surface area (Å²) in [7, 11) is 0. The van der Waals surface area contributed by atoms with Crippen molar-refractivity contribution in [3.63, 3.8) is 0 Å². The molecule has 0 aliphatic carbocycles. The van der Waals surface area contributed by atoms with E-state index >= 15 is 0 Å². The molecule has 0 amide bonds. The van der Waals surface area contributed by atoms with Crippen LogP contribution in [0.2, 0.25) is 13.3 Å². The van der Waals surface area contributed by atoms with Gasteiger partial charge in [-0.25, -0.2) is 0 Å². The number of hydrogen-bond acceptors (Lipinski definition) is 1. The molecule has 0 unspecified atom stereocenters. The molecule has 0 aromatic heterocycles. The van der Waals surface area contributed by atoms with E-state index in [2.05, 4.69) is 34.3 Å². The van der Waals surface area contributed by atoms with Crippen LogP contribution in [0.4, 0.5) is 0 Å². The van der Waals surface area contributed by atoms with Crippen LogP contribution in [-0.2, 0) is 3.07 Å². The average Bonchev–Trinajstić information content (AvgIpc) is 2.37. The third-order valence-corrected chi connectivity index (χ3v) is 16.6. The fourth-order valence-electron chi connectivity index (χ4n) is 2.36. The standard InChI is InChI=1S/C4H7O.3C4H9.Sn/c1-4(2)3-5;3*1-3-4-2;/h1,3H2,2H3;3*1,3-4H2,2H3;/q-1;;;;+1. The van der Waals surface area contributed by atoms with E-state index < -0.39 is 18.8 Å². The van der Waals surface area contributed by atoms with Gasteiger partial charge in [-0.1, -0.05) is 0 Å². The van der Waals surface area contributed by atoms with Crippen LogP contribution >= 0.6 is 0 Å². The van der Waals surface area contributed by atoms with Crippen LogP contribution in [0.1, 0.15) is 66.2 Å². The van der Waals surface area contributed by atoms with Crippen molar-refractivity contribution in [1.82, 2.24) is 0 Å². The summed E-state index contributed by atoms with van der Waals surface area (Å²) in [6.07, 6.45) is 8.06. The molecule has 2 heteroatoms. The Hall–Kier alpha value is 0.499. The minimum absolute atomic E-state index is 0.827. The Morgan fingerprint density at radius 2 is 1.28 bits per heavy atom. The monoisotopic (exact) mass is 362 g/mol. The zero-order valence-corrected chi connectivity index (χ0v) is 16.0. The van der Waals surface area contributed by atoms with Crippen molar-refractivity contribution in [2.24, 2.45) is 0 Å². The van der Waals surface area contributed by atoms with Gasteiger partial charge in [-0.05, 0) is 0 Å². The van der Waals surface area contributed by atoms with Crippen LogP contribution in [0.3, 0.4) is 0 Å². The number of unbranched alkanes of at least 4 members (excludes halogenated alkanes) is 3. The molecular weight excluding hydrogens is 327 g/mol. The second kappa shape index (κ2) is 11.3. The molecule has 0 heterocycles. The summed E-state index contributed by atoms with van der Waals surface area (Å²) in [6.45, 7) is 13.8. The summed E-state index contributed by atoms with van der Waals surface area (Å²) < 4.78 is 10.8. The van der Waals surface area contributed by atoms with E-state index in [0.717, 1.165) is 6.61 Å². The van der Waals surface area contributed by atoms with E-state index in [-0.39, 0.29) is 0 Å². The molecule has 0 rings (SSSR count). The van der Waals surface area contributed by atoms with Gasteiger partial charge in [0.1, 0.15) is 0 Å². The van der Waals surface area contributed by atoms with E-state index in [4.69, 9.17) is 3.07 Å². The van der Waals surface area contributed by atoms with Gasteiger partial charge in [-0.3, -0.25) is 0 Å². The molecular formula is C16H34OSn. The number of rotatable bonds is 12. The molecule has 0 saturated carbocycles. The van der Waals surface area contributed by atoms with Crippen LogP contribution < -0.4 is 0 Å². The van der Waals surface area contributed by atoms with Gasteiger partial charge in [-0.2, -0.15) is 0 Å². The van der Waals surface area contributed by atoms with Gasteiger partial charge in [0, 0.05) is 0 Å². The van der Waals surface area contributed by atoms with Crippen molar-refractivity contribution in [1.29, 1.82) is 0 Å². The Morgan fingerprint density at radius 1 is 0.889 bits per heavy atom. The summed E-state index contributed by atoms with van der Waals surface area (Å²) in [5.41, 5.74) is 1.19. The second-order valence-corrected chi connectivity index (χ2v) is 17.6. The van der Waals surface area contributed by atoms with E-state index in [1.807, 2.05) is 0 Å². The van der Waals surface area contributed by atoms with Crippen molar-refractivity contribution in [2.75, 3.05) is 6.61 Å². The molecule has 108 valence electrons. The normalized spacial score (nSPS) is 11.8. The Kier molecular flexibility index (Phi) is 11.6. The topological polar surface area (TPSA) is 9.23 Å². The fourth-order valence-corrected chi connectivity index (χ4v) is 15.9. The fraction of sp³-hybridized carbons (Fsp3) is 0.875. The maximum atomic E-state index is 6.51. The first-order valence-corrected chi connectivity index (χ1v) is 15.1. The molecule has 0 aliphatic rings. The van der Waals surface area contributed by atoms with Gasteiger partial charge < -0.3 is 0 Å². The second-order valence-electron chi connectivity index (χ2n) is 5.74. The molecule has 0 aromatic rings. The van der Waals surface area contributed by atoms with Crippen molar-refractivity contribution < 1.29 is 3.07 Å². The predicted molar refractivity (Wildman–Crippen MR) is 85.7 cm³/mol. The van der Waals surface area contributed by atoms with E-state index in [0.29, 0.717) is 0 Å². The molecule has 0 spiro atoms. The summed E-state index contributed by atoms with van der Waals surface area (Å²) in [4.78, 5) is 0.